The van der Waals surface area contributed by atoms with Crippen molar-refractivity contribution >= 4 is 15.9 Å². The van der Waals surface area contributed by atoms with Gasteiger partial charge in [-0.25, -0.2) is 0 Å². The summed E-state index contributed by atoms with van der Waals surface area (Å²) in [5, 5.41) is 0. The van der Waals surface area contributed by atoms with Crippen LogP contribution in [0, 0.1) is 0 Å². The van der Waals surface area contributed by atoms with Crippen molar-refractivity contribution < 1.29 is 14.2 Å². The largest absolute Gasteiger partial charge is 0.492 e. The van der Waals surface area contributed by atoms with Crippen LogP contribution in [0.1, 0.15) is 11.1 Å². The Morgan fingerprint density at radius 3 is 2.52 bits per heavy atom. The summed E-state index contributed by atoms with van der Waals surface area (Å²) in [7, 11) is 0. The van der Waals surface area contributed by atoms with E-state index in [0.29, 0.717) is 19.8 Å². The van der Waals surface area contributed by atoms with Gasteiger partial charge in [-0.15, -0.1) is 0 Å². The maximum atomic E-state index is 5.84. The molecule has 0 saturated carbocycles. The molecule has 2 aliphatic heterocycles. The van der Waals surface area contributed by atoms with Crippen LogP contribution in [0.25, 0.3) is 0 Å². The quantitative estimate of drug-likeness (QED) is 0.801. The summed E-state index contributed by atoms with van der Waals surface area (Å²) < 4.78 is 18.2. The zero-order chi connectivity index (χ0) is 15.6. The van der Waals surface area contributed by atoms with Crippen molar-refractivity contribution in [3.8, 4) is 17.2 Å². The van der Waals surface area contributed by atoms with Crippen molar-refractivity contribution in [2.75, 3.05) is 26.4 Å². The van der Waals surface area contributed by atoms with Gasteiger partial charge in [0.15, 0.2) is 11.5 Å². The molecule has 2 aromatic rings. The number of nitrogens with zero attached hydrogens (tertiary/aromatic N) is 1. The van der Waals surface area contributed by atoms with Gasteiger partial charge in [-0.05, 0) is 23.8 Å². The lowest BCUT2D eigenvalue weighted by Crippen LogP contribution is -2.25. The average Bonchev–Trinajstić information content (AvgIpc) is 2.77. The van der Waals surface area contributed by atoms with Gasteiger partial charge in [-0.2, -0.15) is 0 Å². The van der Waals surface area contributed by atoms with Gasteiger partial charge in [-0.1, -0.05) is 34.1 Å². The van der Waals surface area contributed by atoms with Gasteiger partial charge in [0.05, 0.1) is 0 Å². The van der Waals surface area contributed by atoms with Crippen molar-refractivity contribution in [1.29, 1.82) is 0 Å². The van der Waals surface area contributed by atoms with Crippen LogP contribution < -0.4 is 14.2 Å². The lowest BCUT2D eigenvalue weighted by Gasteiger charge is -2.23. The zero-order valence-electron chi connectivity index (χ0n) is 12.8. The summed E-state index contributed by atoms with van der Waals surface area (Å²) in [6, 6.07) is 12.3. The van der Waals surface area contributed by atoms with E-state index in [1.165, 1.54) is 11.1 Å². The molecule has 0 atom stereocenters. The monoisotopic (exact) mass is 375 g/mol. The molecule has 120 valence electrons. The van der Waals surface area contributed by atoms with Crippen LogP contribution in [-0.2, 0) is 13.1 Å². The second-order valence-corrected chi connectivity index (χ2v) is 6.61. The number of para-hydroxylation sites is 1. The van der Waals surface area contributed by atoms with Gasteiger partial charge >= 0.3 is 0 Å². The Labute approximate surface area is 144 Å². The molecule has 4 nitrogen and oxygen atoms in total. The van der Waals surface area contributed by atoms with Crippen LogP contribution in [-0.4, -0.2) is 31.3 Å². The van der Waals surface area contributed by atoms with E-state index in [-0.39, 0.29) is 0 Å². The first-order valence-corrected chi connectivity index (χ1v) is 8.60. The van der Waals surface area contributed by atoms with Crippen LogP contribution in [0.4, 0.5) is 0 Å². The van der Waals surface area contributed by atoms with Crippen LogP contribution in [0.3, 0.4) is 0 Å². The summed E-state index contributed by atoms with van der Waals surface area (Å²) in [6.07, 6.45) is 0. The second kappa shape index (κ2) is 6.42. The Bertz CT molecular complexity index is 719. The van der Waals surface area contributed by atoms with E-state index in [4.69, 9.17) is 14.2 Å². The van der Waals surface area contributed by atoms with E-state index in [1.807, 2.05) is 18.2 Å². The predicted molar refractivity (Wildman–Crippen MR) is 91.2 cm³/mol. The SMILES string of the molecule is Brc1cc2c(cc1CN1CCOc3ccccc3C1)OCCO2. The molecular formula is C18H18BrNO3. The normalized spacial score (nSPS) is 17.1. The van der Waals surface area contributed by atoms with Gasteiger partial charge in [-0.3, -0.25) is 4.90 Å². The molecule has 0 unspecified atom stereocenters. The molecule has 0 amide bonds. The molecule has 0 saturated heterocycles. The molecule has 2 aromatic carbocycles. The Balaban J connectivity index is 1.56. The number of hydrogen-bond donors (Lipinski definition) is 0. The van der Waals surface area contributed by atoms with Crippen molar-refractivity contribution in [3.05, 3.63) is 52.0 Å². The highest BCUT2D eigenvalue weighted by atomic mass is 79.9. The van der Waals surface area contributed by atoms with Crippen LogP contribution in [0.5, 0.6) is 17.2 Å². The molecule has 23 heavy (non-hydrogen) atoms. The minimum Gasteiger partial charge on any atom is -0.492 e. The highest BCUT2D eigenvalue weighted by molar-refractivity contribution is 9.10. The van der Waals surface area contributed by atoms with Gasteiger partial charge in [0, 0.05) is 29.7 Å². The van der Waals surface area contributed by atoms with Crippen molar-refractivity contribution in [2.24, 2.45) is 0 Å². The van der Waals surface area contributed by atoms with Crippen molar-refractivity contribution in [2.45, 2.75) is 13.1 Å². The predicted octanol–water partition coefficient (Wildman–Crippen LogP) is 3.61. The van der Waals surface area contributed by atoms with Gasteiger partial charge in [0.2, 0.25) is 0 Å². The Morgan fingerprint density at radius 2 is 1.65 bits per heavy atom. The first-order valence-electron chi connectivity index (χ1n) is 7.81. The first kappa shape index (κ1) is 14.8. The Kier molecular flexibility index (Phi) is 4.14. The lowest BCUT2D eigenvalue weighted by molar-refractivity contribution is 0.170. The first-order chi connectivity index (χ1) is 11.3. The minimum atomic E-state index is 0.610. The highest BCUT2D eigenvalue weighted by Crippen LogP contribution is 2.36. The molecule has 0 fully saturated rings. The number of rotatable bonds is 2. The third-order valence-corrected chi connectivity index (χ3v) is 4.88. The van der Waals surface area contributed by atoms with E-state index in [1.54, 1.807) is 0 Å². The summed E-state index contributed by atoms with van der Waals surface area (Å²) in [5.74, 6) is 2.65. The minimum absolute atomic E-state index is 0.610. The molecule has 0 aromatic heterocycles. The number of hydrogen-bond acceptors (Lipinski definition) is 4. The molecule has 2 aliphatic rings. The number of ether oxygens (including phenoxy) is 3. The van der Waals surface area contributed by atoms with Crippen molar-refractivity contribution in [1.82, 2.24) is 4.90 Å². The number of fused-ring (bicyclic) bond motifs is 2. The van der Waals surface area contributed by atoms with Gasteiger partial charge in [0.25, 0.3) is 0 Å². The zero-order valence-corrected chi connectivity index (χ0v) is 14.3. The van der Waals surface area contributed by atoms with Gasteiger partial charge in [0.1, 0.15) is 25.6 Å². The number of benzene rings is 2. The molecular weight excluding hydrogens is 358 g/mol. The third-order valence-electron chi connectivity index (χ3n) is 4.14. The van der Waals surface area contributed by atoms with E-state index in [0.717, 1.165) is 41.4 Å². The van der Waals surface area contributed by atoms with Crippen LogP contribution in [0.15, 0.2) is 40.9 Å². The summed E-state index contributed by atoms with van der Waals surface area (Å²) in [5.41, 5.74) is 2.44. The number of halogens is 1. The fourth-order valence-electron chi connectivity index (χ4n) is 2.98. The maximum Gasteiger partial charge on any atom is 0.162 e. The topological polar surface area (TPSA) is 30.9 Å². The molecule has 0 N–H and O–H groups in total. The molecule has 0 spiro atoms. The van der Waals surface area contributed by atoms with E-state index >= 15 is 0 Å². The van der Waals surface area contributed by atoms with Crippen LogP contribution >= 0.6 is 15.9 Å². The Morgan fingerprint density at radius 1 is 0.913 bits per heavy atom. The average molecular weight is 376 g/mol. The smallest absolute Gasteiger partial charge is 0.162 e. The molecule has 2 heterocycles. The third kappa shape index (κ3) is 3.16. The summed E-state index contributed by atoms with van der Waals surface area (Å²) in [4.78, 5) is 2.39. The van der Waals surface area contributed by atoms with Gasteiger partial charge < -0.3 is 14.2 Å². The highest BCUT2D eigenvalue weighted by Gasteiger charge is 2.19. The Hall–Kier alpha value is -1.72. The molecule has 0 radical (unpaired) electrons. The fraction of sp³-hybridized carbons (Fsp3) is 0.333. The lowest BCUT2D eigenvalue weighted by atomic mass is 10.1. The van der Waals surface area contributed by atoms with E-state index < -0.39 is 0 Å². The summed E-state index contributed by atoms with van der Waals surface area (Å²) in [6.45, 7) is 4.55. The standard InChI is InChI=1S/C18H18BrNO3/c19-15-10-18-17(22-7-8-23-18)9-14(15)12-20-5-6-21-16-4-2-1-3-13(16)11-20/h1-4,9-10H,5-8,11-12H2. The molecule has 0 aliphatic carbocycles. The van der Waals surface area contributed by atoms with E-state index in [2.05, 4.69) is 39.0 Å². The summed E-state index contributed by atoms with van der Waals surface area (Å²) >= 11 is 3.66. The maximum absolute atomic E-state index is 5.84. The van der Waals surface area contributed by atoms with Crippen molar-refractivity contribution in [3.63, 3.8) is 0 Å². The van der Waals surface area contributed by atoms with Crippen LogP contribution in [0.2, 0.25) is 0 Å². The second-order valence-electron chi connectivity index (χ2n) is 5.75. The molecule has 4 rings (SSSR count). The fourth-order valence-corrected chi connectivity index (χ4v) is 3.43. The van der Waals surface area contributed by atoms with E-state index in [9.17, 15) is 0 Å². The molecule has 5 heteroatoms. The molecule has 0 bridgehead atoms.